The van der Waals surface area contributed by atoms with E-state index in [0.29, 0.717) is 12.1 Å². The van der Waals surface area contributed by atoms with Crippen molar-refractivity contribution >= 4 is 5.78 Å². The van der Waals surface area contributed by atoms with Crippen molar-refractivity contribution in [3.05, 3.63) is 107 Å². The topological polar surface area (TPSA) is 23.6 Å². The summed E-state index contributed by atoms with van der Waals surface area (Å²) < 4.78 is 0. The molecular weight excluding hydrogens is 380 g/mol. The number of Topliss-reactive ketones (excluding diaryl/α,β-unsaturated/α-hetero) is 1. The molecule has 31 heavy (non-hydrogen) atoms. The van der Waals surface area contributed by atoms with Crippen molar-refractivity contribution in [2.75, 3.05) is 13.1 Å². The minimum Gasteiger partial charge on any atom is -0.295 e. The first-order valence-corrected chi connectivity index (χ1v) is 11.2. The summed E-state index contributed by atoms with van der Waals surface area (Å²) >= 11 is 0. The molecule has 3 nitrogen and oxygen atoms in total. The van der Waals surface area contributed by atoms with Crippen molar-refractivity contribution in [2.45, 2.75) is 45.4 Å². The molecule has 160 valence electrons. The smallest absolute Gasteiger partial charge is 0.159 e. The highest BCUT2D eigenvalue weighted by Crippen LogP contribution is 2.33. The first-order chi connectivity index (χ1) is 15.0. The maximum atomic E-state index is 11.8. The Morgan fingerprint density at radius 2 is 1.39 bits per heavy atom. The summed E-state index contributed by atoms with van der Waals surface area (Å²) in [5, 5.41) is 0. The Balaban J connectivity index is 1.60. The monoisotopic (exact) mass is 412 g/mol. The first-order valence-electron chi connectivity index (χ1n) is 11.2. The van der Waals surface area contributed by atoms with Crippen LogP contribution in [0.25, 0.3) is 0 Å². The van der Waals surface area contributed by atoms with E-state index >= 15 is 0 Å². The lowest BCUT2D eigenvalue weighted by Gasteiger charge is -2.47. The van der Waals surface area contributed by atoms with Gasteiger partial charge in [-0.05, 0) is 37.5 Å². The van der Waals surface area contributed by atoms with Crippen LogP contribution in [0.3, 0.4) is 0 Å². The van der Waals surface area contributed by atoms with Crippen LogP contribution >= 0.6 is 0 Å². The van der Waals surface area contributed by atoms with E-state index in [1.54, 1.807) is 6.92 Å². The predicted molar refractivity (Wildman–Crippen MR) is 127 cm³/mol. The molecule has 1 aliphatic rings. The highest BCUT2D eigenvalue weighted by Gasteiger charge is 2.34. The average Bonchev–Trinajstić information content (AvgIpc) is 2.79. The lowest BCUT2D eigenvalue weighted by molar-refractivity contribution is 0.0195. The summed E-state index contributed by atoms with van der Waals surface area (Å²) in [6.45, 7) is 9.32. The number of benzene rings is 3. The SMILES string of the molecule is CC(=O)c1ccc([C@@H](c2ccccc2)N2C[C@@H](C)N(Cc3ccccc3)C[C@@H]2C)cc1. The average molecular weight is 413 g/mol. The van der Waals surface area contributed by atoms with Crippen LogP contribution in [-0.2, 0) is 6.54 Å². The van der Waals surface area contributed by atoms with Gasteiger partial charge in [-0.15, -0.1) is 0 Å². The fourth-order valence-corrected chi connectivity index (χ4v) is 4.73. The second-order valence-corrected chi connectivity index (χ2v) is 8.80. The fourth-order valence-electron chi connectivity index (χ4n) is 4.73. The molecule has 0 unspecified atom stereocenters. The van der Waals surface area contributed by atoms with Crippen molar-refractivity contribution in [1.82, 2.24) is 9.80 Å². The molecule has 0 aromatic heterocycles. The summed E-state index contributed by atoms with van der Waals surface area (Å²) in [6.07, 6.45) is 0. The van der Waals surface area contributed by atoms with Crippen LogP contribution in [0.15, 0.2) is 84.9 Å². The molecule has 1 aliphatic heterocycles. The molecule has 1 saturated heterocycles. The molecule has 1 fully saturated rings. The number of piperazine rings is 1. The van der Waals surface area contributed by atoms with Crippen molar-refractivity contribution in [3.63, 3.8) is 0 Å². The third-order valence-corrected chi connectivity index (χ3v) is 6.47. The zero-order chi connectivity index (χ0) is 21.8. The summed E-state index contributed by atoms with van der Waals surface area (Å²) in [6, 6.07) is 30.7. The number of carbonyl (C=O) groups is 1. The zero-order valence-corrected chi connectivity index (χ0v) is 18.7. The highest BCUT2D eigenvalue weighted by atomic mass is 16.1. The van der Waals surface area contributed by atoms with Gasteiger partial charge in [0.25, 0.3) is 0 Å². The molecular formula is C28H32N2O. The van der Waals surface area contributed by atoms with Crippen LogP contribution in [-0.4, -0.2) is 40.8 Å². The molecule has 0 radical (unpaired) electrons. The summed E-state index contributed by atoms with van der Waals surface area (Å²) in [4.78, 5) is 17.0. The van der Waals surface area contributed by atoms with Gasteiger partial charge in [-0.2, -0.15) is 0 Å². The maximum Gasteiger partial charge on any atom is 0.159 e. The number of ketones is 1. The third kappa shape index (κ3) is 4.95. The van der Waals surface area contributed by atoms with Gasteiger partial charge in [-0.3, -0.25) is 14.6 Å². The molecule has 1 heterocycles. The summed E-state index contributed by atoms with van der Waals surface area (Å²) in [7, 11) is 0. The van der Waals surface area contributed by atoms with E-state index in [9.17, 15) is 4.79 Å². The van der Waals surface area contributed by atoms with E-state index in [2.05, 4.69) is 96.4 Å². The number of carbonyl (C=O) groups excluding carboxylic acids is 1. The normalized spacial score (nSPS) is 21.0. The standard InChI is InChI=1S/C28H32N2O/c1-21-19-30(22(2)18-29(21)20-24-10-6-4-7-11-24)28(26-12-8-5-9-13-26)27-16-14-25(15-17-27)23(3)31/h4-17,21-22,28H,18-20H2,1-3H3/t21-,22+,28-/m1/s1. The Morgan fingerprint density at radius 3 is 2.00 bits per heavy atom. The largest absolute Gasteiger partial charge is 0.295 e. The second kappa shape index (κ2) is 9.59. The molecule has 0 bridgehead atoms. The maximum absolute atomic E-state index is 11.8. The van der Waals surface area contributed by atoms with E-state index < -0.39 is 0 Å². The second-order valence-electron chi connectivity index (χ2n) is 8.80. The van der Waals surface area contributed by atoms with Crippen molar-refractivity contribution in [2.24, 2.45) is 0 Å². The van der Waals surface area contributed by atoms with Gasteiger partial charge in [0.2, 0.25) is 0 Å². The predicted octanol–water partition coefficient (Wildman–Crippen LogP) is 5.57. The summed E-state index contributed by atoms with van der Waals surface area (Å²) in [5.41, 5.74) is 4.68. The quantitative estimate of drug-likeness (QED) is 0.494. The number of hydrogen-bond donors (Lipinski definition) is 0. The van der Waals surface area contributed by atoms with Crippen molar-refractivity contribution in [1.29, 1.82) is 0 Å². The van der Waals surface area contributed by atoms with Gasteiger partial charge < -0.3 is 0 Å². The van der Waals surface area contributed by atoms with Crippen LogP contribution in [0, 0.1) is 0 Å². The molecule has 0 saturated carbocycles. The van der Waals surface area contributed by atoms with E-state index in [4.69, 9.17) is 0 Å². The minimum atomic E-state index is 0.110. The van der Waals surface area contributed by atoms with E-state index in [1.165, 1.54) is 16.7 Å². The number of nitrogens with zero attached hydrogens (tertiary/aromatic N) is 2. The van der Waals surface area contributed by atoms with Gasteiger partial charge in [-0.25, -0.2) is 0 Å². The van der Waals surface area contributed by atoms with Crippen LogP contribution in [0.4, 0.5) is 0 Å². The number of rotatable bonds is 6. The molecule has 3 aromatic carbocycles. The Kier molecular flexibility index (Phi) is 6.64. The third-order valence-electron chi connectivity index (χ3n) is 6.47. The Bertz CT molecular complexity index is 985. The van der Waals surface area contributed by atoms with Gasteiger partial charge >= 0.3 is 0 Å². The molecule has 3 aromatic rings. The zero-order valence-electron chi connectivity index (χ0n) is 18.7. The van der Waals surface area contributed by atoms with E-state index in [1.807, 2.05) is 12.1 Å². The first kappa shape index (κ1) is 21.5. The molecule has 0 amide bonds. The van der Waals surface area contributed by atoms with Gasteiger partial charge in [0.05, 0.1) is 6.04 Å². The molecule has 3 atom stereocenters. The lowest BCUT2D eigenvalue weighted by atomic mass is 9.92. The number of hydrogen-bond acceptors (Lipinski definition) is 3. The molecule has 3 heteroatoms. The minimum absolute atomic E-state index is 0.110. The summed E-state index contributed by atoms with van der Waals surface area (Å²) in [5.74, 6) is 0.110. The van der Waals surface area contributed by atoms with Crippen LogP contribution in [0.2, 0.25) is 0 Å². The van der Waals surface area contributed by atoms with Crippen molar-refractivity contribution < 1.29 is 4.79 Å². The van der Waals surface area contributed by atoms with Gasteiger partial charge in [0.15, 0.2) is 5.78 Å². The van der Waals surface area contributed by atoms with Gasteiger partial charge in [-0.1, -0.05) is 84.9 Å². The van der Waals surface area contributed by atoms with Gasteiger partial charge in [0, 0.05) is 37.3 Å². The van der Waals surface area contributed by atoms with Crippen LogP contribution in [0.1, 0.15) is 53.9 Å². The fraction of sp³-hybridized carbons (Fsp3) is 0.321. The van der Waals surface area contributed by atoms with E-state index in [-0.39, 0.29) is 11.8 Å². The molecule has 0 spiro atoms. The Morgan fingerprint density at radius 1 is 0.806 bits per heavy atom. The highest BCUT2D eigenvalue weighted by molar-refractivity contribution is 5.94. The Hall–Kier alpha value is -2.75. The van der Waals surface area contributed by atoms with Crippen LogP contribution < -0.4 is 0 Å². The molecule has 0 N–H and O–H groups in total. The Labute approximate surface area is 186 Å². The van der Waals surface area contributed by atoms with Crippen LogP contribution in [0.5, 0.6) is 0 Å². The van der Waals surface area contributed by atoms with Crippen molar-refractivity contribution in [3.8, 4) is 0 Å². The lowest BCUT2D eigenvalue weighted by Crippen LogP contribution is -2.56. The molecule has 4 rings (SSSR count). The van der Waals surface area contributed by atoms with E-state index in [0.717, 1.165) is 25.2 Å². The molecule has 0 aliphatic carbocycles. The van der Waals surface area contributed by atoms with Gasteiger partial charge in [0.1, 0.15) is 0 Å².